The van der Waals surface area contributed by atoms with E-state index in [2.05, 4.69) is 5.32 Å². The summed E-state index contributed by atoms with van der Waals surface area (Å²) in [7, 11) is 1.63. The van der Waals surface area contributed by atoms with Crippen molar-refractivity contribution in [2.75, 3.05) is 20.2 Å². The first-order chi connectivity index (χ1) is 13.4. The highest BCUT2D eigenvalue weighted by molar-refractivity contribution is 5.96. The van der Waals surface area contributed by atoms with Gasteiger partial charge in [0.15, 0.2) is 0 Å². The Morgan fingerprint density at radius 2 is 1.86 bits per heavy atom. The molecule has 0 aliphatic carbocycles. The molecule has 1 unspecified atom stereocenters. The molecule has 3 rings (SSSR count). The molecule has 0 spiro atoms. The van der Waals surface area contributed by atoms with Crippen LogP contribution in [0.15, 0.2) is 48.5 Å². The van der Waals surface area contributed by atoms with E-state index in [1.54, 1.807) is 7.11 Å². The Balaban J connectivity index is 1.64. The van der Waals surface area contributed by atoms with Gasteiger partial charge in [-0.1, -0.05) is 30.3 Å². The van der Waals surface area contributed by atoms with Gasteiger partial charge in [-0.2, -0.15) is 0 Å². The average molecular weight is 380 g/mol. The Hall–Kier alpha value is -2.82. The van der Waals surface area contributed by atoms with Crippen LogP contribution in [0.3, 0.4) is 0 Å². The second-order valence-electron chi connectivity index (χ2n) is 7.74. The minimum absolute atomic E-state index is 0.00646. The monoisotopic (exact) mass is 380 g/mol. The van der Waals surface area contributed by atoms with Crippen molar-refractivity contribution < 1.29 is 14.3 Å². The molecule has 148 valence electrons. The molecule has 1 heterocycles. The number of hydrogen-bond acceptors (Lipinski definition) is 3. The van der Waals surface area contributed by atoms with Crippen LogP contribution in [-0.2, 0) is 11.3 Å². The third kappa shape index (κ3) is 4.35. The first-order valence-electron chi connectivity index (χ1n) is 9.69. The van der Waals surface area contributed by atoms with Crippen LogP contribution in [0.4, 0.5) is 0 Å². The number of aryl methyl sites for hydroxylation is 1. The van der Waals surface area contributed by atoms with Gasteiger partial charge in [0.2, 0.25) is 5.91 Å². The number of carbonyl (C=O) groups excluding carboxylic acids is 2. The lowest BCUT2D eigenvalue weighted by atomic mass is 9.80. The number of benzene rings is 2. The zero-order valence-electron chi connectivity index (χ0n) is 16.8. The molecule has 0 saturated carbocycles. The number of methoxy groups -OCH3 is 1. The fourth-order valence-electron chi connectivity index (χ4n) is 3.72. The lowest BCUT2D eigenvalue weighted by molar-refractivity contribution is -0.132. The van der Waals surface area contributed by atoms with E-state index in [4.69, 9.17) is 4.74 Å². The van der Waals surface area contributed by atoms with Gasteiger partial charge in [-0.3, -0.25) is 9.59 Å². The number of amides is 2. The number of piperidine rings is 1. The number of ether oxygens (including phenoxy) is 1. The summed E-state index contributed by atoms with van der Waals surface area (Å²) in [6.45, 7) is 5.48. The number of hydrogen-bond donors (Lipinski definition) is 1. The van der Waals surface area contributed by atoms with E-state index in [0.717, 1.165) is 29.7 Å². The van der Waals surface area contributed by atoms with E-state index in [0.29, 0.717) is 25.2 Å². The van der Waals surface area contributed by atoms with Gasteiger partial charge < -0.3 is 15.0 Å². The van der Waals surface area contributed by atoms with Crippen molar-refractivity contribution in [1.82, 2.24) is 10.2 Å². The molecule has 0 aromatic heterocycles. The van der Waals surface area contributed by atoms with Crippen LogP contribution in [-0.4, -0.2) is 36.9 Å². The Kier molecular flexibility index (Phi) is 6.02. The first kappa shape index (κ1) is 19.9. The van der Waals surface area contributed by atoms with Gasteiger partial charge in [-0.05, 0) is 56.0 Å². The van der Waals surface area contributed by atoms with E-state index < -0.39 is 5.41 Å². The van der Waals surface area contributed by atoms with Crippen LogP contribution in [0.1, 0.15) is 41.3 Å². The summed E-state index contributed by atoms with van der Waals surface area (Å²) in [5, 5.41) is 3.04. The number of nitrogens with one attached hydrogen (secondary N) is 1. The van der Waals surface area contributed by atoms with Gasteiger partial charge in [-0.15, -0.1) is 0 Å². The summed E-state index contributed by atoms with van der Waals surface area (Å²) in [6, 6.07) is 15.3. The molecule has 0 radical (unpaired) electrons. The van der Waals surface area contributed by atoms with Gasteiger partial charge in [0.1, 0.15) is 5.75 Å². The summed E-state index contributed by atoms with van der Waals surface area (Å²) in [6.07, 6.45) is 1.60. The van der Waals surface area contributed by atoms with Crippen molar-refractivity contribution in [1.29, 1.82) is 0 Å². The number of nitrogens with zero attached hydrogens (tertiary/aromatic N) is 1. The number of rotatable bonds is 5. The number of likely N-dealkylation sites (tertiary alicyclic amines) is 1. The quantitative estimate of drug-likeness (QED) is 0.863. The average Bonchev–Trinajstić information content (AvgIpc) is 2.72. The largest absolute Gasteiger partial charge is 0.497 e. The predicted molar refractivity (Wildman–Crippen MR) is 109 cm³/mol. The van der Waals surface area contributed by atoms with Crippen molar-refractivity contribution in [2.24, 2.45) is 5.41 Å². The molecule has 2 aromatic carbocycles. The molecule has 1 saturated heterocycles. The molecule has 1 N–H and O–H groups in total. The maximum Gasteiger partial charge on any atom is 0.254 e. The van der Waals surface area contributed by atoms with Crippen molar-refractivity contribution in [2.45, 2.75) is 33.2 Å². The molecule has 2 amide bonds. The highest BCUT2D eigenvalue weighted by atomic mass is 16.5. The molecule has 28 heavy (non-hydrogen) atoms. The molecular weight excluding hydrogens is 352 g/mol. The molecular formula is C23H28N2O3. The molecule has 0 bridgehead atoms. The van der Waals surface area contributed by atoms with E-state index in [9.17, 15) is 9.59 Å². The van der Waals surface area contributed by atoms with Crippen molar-refractivity contribution in [3.8, 4) is 5.75 Å². The van der Waals surface area contributed by atoms with Gasteiger partial charge in [0.25, 0.3) is 5.91 Å². The standard InChI is InChI=1S/C23H28N2O3/c1-17-7-4-5-8-20(17)21(26)25-14-6-13-23(2,16-25)22(27)24-15-18-9-11-19(28-3)12-10-18/h4-5,7-12H,6,13-16H2,1-3H3,(H,24,27). The Labute approximate surface area is 166 Å². The van der Waals surface area contributed by atoms with Gasteiger partial charge in [0, 0.05) is 25.2 Å². The topological polar surface area (TPSA) is 58.6 Å². The highest BCUT2D eigenvalue weighted by Crippen LogP contribution is 2.31. The van der Waals surface area contributed by atoms with Crippen LogP contribution < -0.4 is 10.1 Å². The summed E-state index contributed by atoms with van der Waals surface area (Å²) >= 11 is 0. The van der Waals surface area contributed by atoms with Crippen molar-refractivity contribution in [3.05, 3.63) is 65.2 Å². The Morgan fingerprint density at radius 1 is 1.14 bits per heavy atom. The van der Waals surface area contributed by atoms with Crippen molar-refractivity contribution in [3.63, 3.8) is 0 Å². The van der Waals surface area contributed by atoms with Crippen molar-refractivity contribution >= 4 is 11.8 Å². The summed E-state index contributed by atoms with van der Waals surface area (Å²) in [5.41, 5.74) is 2.11. The zero-order valence-corrected chi connectivity index (χ0v) is 16.8. The Morgan fingerprint density at radius 3 is 2.54 bits per heavy atom. The fourth-order valence-corrected chi connectivity index (χ4v) is 3.72. The highest BCUT2D eigenvalue weighted by Gasteiger charge is 2.39. The van der Waals surface area contributed by atoms with Crippen LogP contribution in [0.5, 0.6) is 5.75 Å². The van der Waals surface area contributed by atoms with Crippen LogP contribution in [0.2, 0.25) is 0 Å². The summed E-state index contributed by atoms with van der Waals surface area (Å²) < 4.78 is 5.16. The number of carbonyl (C=O) groups is 2. The SMILES string of the molecule is COc1ccc(CNC(=O)C2(C)CCCN(C(=O)c3ccccc3C)C2)cc1. The summed E-state index contributed by atoms with van der Waals surface area (Å²) in [4.78, 5) is 27.7. The maximum atomic E-state index is 13.0. The third-order valence-electron chi connectivity index (χ3n) is 5.52. The van der Waals surface area contributed by atoms with Crippen LogP contribution >= 0.6 is 0 Å². The van der Waals surface area contributed by atoms with E-state index >= 15 is 0 Å². The second kappa shape index (κ2) is 8.46. The first-order valence-corrected chi connectivity index (χ1v) is 9.69. The van der Waals surface area contributed by atoms with Gasteiger partial charge in [-0.25, -0.2) is 0 Å². The normalized spacial score (nSPS) is 19.2. The minimum atomic E-state index is -0.580. The van der Waals surface area contributed by atoms with Gasteiger partial charge >= 0.3 is 0 Å². The van der Waals surface area contributed by atoms with Gasteiger partial charge in [0.05, 0.1) is 12.5 Å². The zero-order chi connectivity index (χ0) is 20.1. The Bertz CT molecular complexity index is 847. The lowest BCUT2D eigenvalue weighted by Crippen LogP contribution is -2.51. The molecule has 1 aliphatic rings. The molecule has 1 aliphatic heterocycles. The lowest BCUT2D eigenvalue weighted by Gasteiger charge is -2.39. The predicted octanol–water partition coefficient (Wildman–Crippen LogP) is 3.56. The molecule has 5 heteroatoms. The molecule has 1 atom stereocenters. The van der Waals surface area contributed by atoms with E-state index in [1.165, 1.54) is 0 Å². The fraction of sp³-hybridized carbons (Fsp3) is 0.391. The molecule has 1 fully saturated rings. The molecule has 2 aromatic rings. The maximum absolute atomic E-state index is 13.0. The van der Waals surface area contributed by atoms with Crippen LogP contribution in [0.25, 0.3) is 0 Å². The van der Waals surface area contributed by atoms with Crippen LogP contribution in [0, 0.1) is 12.3 Å². The van der Waals surface area contributed by atoms with E-state index in [-0.39, 0.29) is 11.8 Å². The minimum Gasteiger partial charge on any atom is -0.497 e. The second-order valence-corrected chi connectivity index (χ2v) is 7.74. The molecule has 5 nitrogen and oxygen atoms in total. The smallest absolute Gasteiger partial charge is 0.254 e. The van der Waals surface area contributed by atoms with E-state index in [1.807, 2.05) is 67.3 Å². The summed E-state index contributed by atoms with van der Waals surface area (Å²) in [5.74, 6) is 0.789. The third-order valence-corrected chi connectivity index (χ3v) is 5.52.